The maximum Gasteiger partial charge on any atom is 0.258 e. The standard InChI is InChI=1S/C32H32ClN5O5/c1-19-36-31(43-37-19)22-8-7-21(33)16-23(22)24-17-30(40)38(18-29(24)41-5)27(10-13-42-32(2,3)4)28(39)15-20-6-9-25-26(14-20)35-12-11-34-25/h6-9,11-12,14,16-18,27H,10,13,15H2,1-5H3. The van der Waals surface area contributed by atoms with Crippen LogP contribution in [0.4, 0.5) is 0 Å². The van der Waals surface area contributed by atoms with E-state index in [0.29, 0.717) is 38.8 Å². The van der Waals surface area contributed by atoms with E-state index in [1.54, 1.807) is 43.7 Å². The van der Waals surface area contributed by atoms with E-state index in [2.05, 4.69) is 20.1 Å². The van der Waals surface area contributed by atoms with Gasteiger partial charge in [0.15, 0.2) is 11.6 Å². The van der Waals surface area contributed by atoms with Gasteiger partial charge in [-0.05, 0) is 75.6 Å². The second kappa shape index (κ2) is 12.4. The summed E-state index contributed by atoms with van der Waals surface area (Å²) in [6.07, 6.45) is 5.18. The molecule has 5 rings (SSSR count). The molecule has 1 atom stereocenters. The number of ether oxygens (including phenoxy) is 2. The minimum Gasteiger partial charge on any atom is -0.495 e. The zero-order valence-electron chi connectivity index (χ0n) is 24.6. The van der Waals surface area contributed by atoms with E-state index in [9.17, 15) is 9.59 Å². The molecule has 5 aromatic rings. The van der Waals surface area contributed by atoms with Gasteiger partial charge in [0, 0.05) is 47.6 Å². The fourth-order valence-corrected chi connectivity index (χ4v) is 5.02. The number of hydrogen-bond donors (Lipinski definition) is 0. The quantitative estimate of drug-likeness (QED) is 0.188. The Balaban J connectivity index is 1.55. The van der Waals surface area contributed by atoms with E-state index in [-0.39, 0.29) is 36.7 Å². The molecule has 0 aliphatic heterocycles. The van der Waals surface area contributed by atoms with Crippen LogP contribution >= 0.6 is 11.6 Å². The average molecular weight is 602 g/mol. The van der Waals surface area contributed by atoms with Gasteiger partial charge in [0.25, 0.3) is 11.4 Å². The number of fused-ring (bicyclic) bond motifs is 1. The summed E-state index contributed by atoms with van der Waals surface area (Å²) < 4.78 is 18.5. The van der Waals surface area contributed by atoms with Crippen molar-refractivity contribution in [3.05, 3.63) is 87.8 Å². The van der Waals surface area contributed by atoms with Gasteiger partial charge in [0.1, 0.15) is 5.75 Å². The number of hydrogen-bond acceptors (Lipinski definition) is 9. The smallest absolute Gasteiger partial charge is 0.258 e. The maximum absolute atomic E-state index is 13.9. The summed E-state index contributed by atoms with van der Waals surface area (Å²) in [5, 5.41) is 4.34. The van der Waals surface area contributed by atoms with Gasteiger partial charge in [-0.3, -0.25) is 19.6 Å². The van der Waals surface area contributed by atoms with Crippen LogP contribution in [-0.4, -0.2) is 49.8 Å². The second-order valence-corrected chi connectivity index (χ2v) is 11.6. The van der Waals surface area contributed by atoms with Crippen LogP contribution in [0.5, 0.6) is 5.75 Å². The van der Waals surface area contributed by atoms with Crippen LogP contribution < -0.4 is 10.3 Å². The van der Waals surface area contributed by atoms with Gasteiger partial charge < -0.3 is 18.6 Å². The molecule has 222 valence electrons. The van der Waals surface area contributed by atoms with Crippen molar-refractivity contribution in [3.8, 4) is 28.3 Å². The first-order chi connectivity index (χ1) is 20.5. The Hall–Kier alpha value is -4.41. The zero-order chi connectivity index (χ0) is 30.7. The zero-order valence-corrected chi connectivity index (χ0v) is 25.4. The Morgan fingerprint density at radius 3 is 2.49 bits per heavy atom. The molecule has 3 heterocycles. The van der Waals surface area contributed by atoms with E-state index in [4.69, 9.17) is 25.6 Å². The van der Waals surface area contributed by atoms with Crippen molar-refractivity contribution >= 4 is 28.4 Å². The Labute approximate surface area is 253 Å². The number of methoxy groups -OCH3 is 1. The molecular formula is C32H32ClN5O5. The number of carbonyl (C=O) groups is 1. The largest absolute Gasteiger partial charge is 0.495 e. The summed E-state index contributed by atoms with van der Waals surface area (Å²) in [6, 6.07) is 11.3. The third-order valence-corrected chi connectivity index (χ3v) is 7.07. The van der Waals surface area contributed by atoms with Crippen LogP contribution in [0.1, 0.15) is 44.6 Å². The number of pyridine rings is 1. The van der Waals surface area contributed by atoms with Gasteiger partial charge in [-0.2, -0.15) is 4.98 Å². The van der Waals surface area contributed by atoms with Crippen LogP contribution in [0.3, 0.4) is 0 Å². The molecule has 0 aliphatic rings. The third-order valence-electron chi connectivity index (χ3n) is 6.84. The van der Waals surface area contributed by atoms with Crippen molar-refractivity contribution < 1.29 is 18.8 Å². The highest BCUT2D eigenvalue weighted by molar-refractivity contribution is 6.31. The molecule has 1 unspecified atom stereocenters. The highest BCUT2D eigenvalue weighted by Gasteiger charge is 2.26. The molecule has 0 bridgehead atoms. The fraction of sp³-hybridized carbons (Fsp3) is 0.312. The number of carbonyl (C=O) groups excluding carboxylic acids is 1. The van der Waals surface area contributed by atoms with Gasteiger partial charge >= 0.3 is 0 Å². The SMILES string of the molecule is COc1cn(C(CCOC(C)(C)C)C(=O)Cc2ccc3nccnc3c2)c(=O)cc1-c1cc(Cl)ccc1-c1nc(C)no1. The number of aromatic nitrogens is 5. The molecule has 0 amide bonds. The summed E-state index contributed by atoms with van der Waals surface area (Å²) in [4.78, 5) is 40.6. The molecule has 0 fully saturated rings. The minimum absolute atomic E-state index is 0.0954. The summed E-state index contributed by atoms with van der Waals surface area (Å²) in [6.45, 7) is 7.82. The first-order valence-electron chi connectivity index (χ1n) is 13.8. The molecule has 3 aromatic heterocycles. The van der Waals surface area contributed by atoms with Crippen molar-refractivity contribution in [2.24, 2.45) is 0 Å². The highest BCUT2D eigenvalue weighted by Crippen LogP contribution is 2.38. The highest BCUT2D eigenvalue weighted by atomic mass is 35.5. The Kier molecular flexibility index (Phi) is 8.70. The number of halogens is 1. The fourth-order valence-electron chi connectivity index (χ4n) is 4.85. The van der Waals surface area contributed by atoms with Crippen LogP contribution in [0.2, 0.25) is 5.02 Å². The molecule has 2 aromatic carbocycles. The predicted octanol–water partition coefficient (Wildman–Crippen LogP) is 6.04. The number of nitrogens with zero attached hydrogens (tertiary/aromatic N) is 5. The number of aryl methyl sites for hydroxylation is 1. The minimum atomic E-state index is -0.812. The lowest BCUT2D eigenvalue weighted by Crippen LogP contribution is -2.32. The number of ketones is 1. The second-order valence-electron chi connectivity index (χ2n) is 11.1. The summed E-state index contributed by atoms with van der Waals surface area (Å²) in [5.74, 6) is 0.968. The van der Waals surface area contributed by atoms with Crippen molar-refractivity contribution in [1.29, 1.82) is 0 Å². The monoisotopic (exact) mass is 601 g/mol. The number of Topliss-reactive ketones (excluding diaryl/α,β-unsaturated/α-hetero) is 1. The molecule has 10 nitrogen and oxygen atoms in total. The van der Waals surface area contributed by atoms with Gasteiger partial charge in [-0.15, -0.1) is 0 Å². The summed E-state index contributed by atoms with van der Waals surface area (Å²) >= 11 is 6.37. The molecule has 43 heavy (non-hydrogen) atoms. The van der Waals surface area contributed by atoms with Gasteiger partial charge in [0.05, 0.1) is 36.0 Å². The predicted molar refractivity (Wildman–Crippen MR) is 163 cm³/mol. The van der Waals surface area contributed by atoms with E-state index < -0.39 is 11.6 Å². The van der Waals surface area contributed by atoms with Gasteiger partial charge in [-0.25, -0.2) is 0 Å². The third kappa shape index (κ3) is 6.98. The van der Waals surface area contributed by atoms with E-state index >= 15 is 0 Å². The van der Waals surface area contributed by atoms with Crippen LogP contribution in [0.15, 0.2) is 70.4 Å². The lowest BCUT2D eigenvalue weighted by molar-refractivity contribution is -0.122. The molecule has 0 saturated carbocycles. The molecule has 0 N–H and O–H groups in total. The molecule has 0 saturated heterocycles. The van der Waals surface area contributed by atoms with E-state index in [0.717, 1.165) is 11.1 Å². The summed E-state index contributed by atoms with van der Waals surface area (Å²) in [7, 11) is 1.50. The maximum atomic E-state index is 13.9. The first-order valence-corrected chi connectivity index (χ1v) is 14.2. The first kappa shape index (κ1) is 30.1. The van der Waals surface area contributed by atoms with Crippen molar-refractivity contribution in [2.45, 2.75) is 52.2 Å². The molecular weight excluding hydrogens is 570 g/mol. The topological polar surface area (TPSA) is 122 Å². The lowest BCUT2D eigenvalue weighted by atomic mass is 9.98. The lowest BCUT2D eigenvalue weighted by Gasteiger charge is -2.24. The van der Waals surface area contributed by atoms with Crippen molar-refractivity contribution in [3.63, 3.8) is 0 Å². The van der Waals surface area contributed by atoms with Crippen LogP contribution in [0, 0.1) is 6.92 Å². The molecule has 0 aliphatic carbocycles. The van der Waals surface area contributed by atoms with Crippen molar-refractivity contribution in [2.75, 3.05) is 13.7 Å². The Morgan fingerprint density at radius 1 is 1.02 bits per heavy atom. The normalized spacial score (nSPS) is 12.4. The summed E-state index contributed by atoms with van der Waals surface area (Å²) in [5.41, 5.74) is 3.05. The molecule has 11 heteroatoms. The Morgan fingerprint density at radius 2 is 1.79 bits per heavy atom. The van der Waals surface area contributed by atoms with Gasteiger partial charge in [-0.1, -0.05) is 22.8 Å². The van der Waals surface area contributed by atoms with Crippen LogP contribution in [0.25, 0.3) is 33.6 Å². The molecule has 0 radical (unpaired) electrons. The average Bonchev–Trinajstić information content (AvgIpc) is 3.40. The number of rotatable bonds is 10. The number of benzene rings is 2. The van der Waals surface area contributed by atoms with E-state index in [1.165, 1.54) is 17.7 Å². The van der Waals surface area contributed by atoms with Crippen LogP contribution in [-0.2, 0) is 16.0 Å². The van der Waals surface area contributed by atoms with E-state index in [1.807, 2.05) is 39.0 Å². The Bertz CT molecular complexity index is 1840. The molecule has 0 spiro atoms. The van der Waals surface area contributed by atoms with Gasteiger partial charge in [0.2, 0.25) is 0 Å². The van der Waals surface area contributed by atoms with Crippen molar-refractivity contribution in [1.82, 2.24) is 24.7 Å².